The number of benzene rings is 2. The van der Waals surface area contributed by atoms with Gasteiger partial charge in [0.25, 0.3) is 0 Å². The molecule has 3 nitrogen and oxygen atoms in total. The third-order valence-electron chi connectivity index (χ3n) is 3.11. The van der Waals surface area contributed by atoms with Crippen LogP contribution in [0.25, 0.3) is 0 Å². The van der Waals surface area contributed by atoms with E-state index >= 15 is 0 Å². The molecule has 0 aliphatic heterocycles. The van der Waals surface area contributed by atoms with Crippen LogP contribution in [0.1, 0.15) is 23.6 Å². The normalized spacial score (nSPS) is 9.85. The number of ether oxygens (including phenoxy) is 2. The maximum Gasteiger partial charge on any atom is 0.161 e. The topological polar surface area (TPSA) is 42.2 Å². The molecule has 0 aromatic heterocycles. The van der Waals surface area contributed by atoms with Crippen molar-refractivity contribution in [2.24, 2.45) is 0 Å². The Kier molecular flexibility index (Phi) is 4.62. The number of nitriles is 1. The Bertz CT molecular complexity index is 612. The maximum absolute atomic E-state index is 8.76. The van der Waals surface area contributed by atoms with Gasteiger partial charge in [0.1, 0.15) is 6.61 Å². The smallest absolute Gasteiger partial charge is 0.161 e. The molecule has 2 aromatic carbocycles. The molecule has 102 valence electrons. The van der Waals surface area contributed by atoms with Gasteiger partial charge in [-0.25, -0.2) is 0 Å². The summed E-state index contributed by atoms with van der Waals surface area (Å²) in [5, 5.41) is 8.76. The number of rotatable bonds is 5. The standard InChI is InChI=1S/C17H17NO2/c1-3-13-8-9-16(17(10-13)19-2)20-12-15-6-4-14(11-18)5-7-15/h4-10H,3,12H2,1-2H3. The summed E-state index contributed by atoms with van der Waals surface area (Å²) in [6.07, 6.45) is 0.965. The third kappa shape index (κ3) is 3.30. The fraction of sp³-hybridized carbons (Fsp3) is 0.235. The molecule has 0 saturated carbocycles. The molecule has 0 unspecified atom stereocenters. The Balaban J connectivity index is 2.08. The summed E-state index contributed by atoms with van der Waals surface area (Å²) in [6.45, 7) is 2.56. The molecule has 0 fully saturated rings. The zero-order valence-corrected chi connectivity index (χ0v) is 11.7. The molecule has 0 atom stereocenters. The Morgan fingerprint density at radius 3 is 2.30 bits per heavy atom. The van der Waals surface area contributed by atoms with Gasteiger partial charge in [-0.2, -0.15) is 5.26 Å². The second kappa shape index (κ2) is 6.63. The average Bonchev–Trinajstić information content (AvgIpc) is 2.53. The van der Waals surface area contributed by atoms with Crippen molar-refractivity contribution in [2.75, 3.05) is 7.11 Å². The Morgan fingerprint density at radius 1 is 1.00 bits per heavy atom. The molecule has 0 saturated heterocycles. The highest BCUT2D eigenvalue weighted by atomic mass is 16.5. The number of methoxy groups -OCH3 is 1. The van der Waals surface area contributed by atoms with E-state index in [1.54, 1.807) is 19.2 Å². The number of hydrogen-bond acceptors (Lipinski definition) is 3. The van der Waals surface area contributed by atoms with E-state index in [0.29, 0.717) is 12.2 Å². The minimum absolute atomic E-state index is 0.452. The van der Waals surface area contributed by atoms with Crippen molar-refractivity contribution in [1.82, 2.24) is 0 Å². The molecule has 3 heteroatoms. The van der Waals surface area contributed by atoms with E-state index in [2.05, 4.69) is 13.0 Å². The molecule has 0 heterocycles. The van der Waals surface area contributed by atoms with Crippen LogP contribution in [0.3, 0.4) is 0 Å². The van der Waals surface area contributed by atoms with Crippen molar-refractivity contribution in [1.29, 1.82) is 5.26 Å². The molecular formula is C17H17NO2. The lowest BCUT2D eigenvalue weighted by molar-refractivity contribution is 0.284. The van der Waals surface area contributed by atoms with Crippen LogP contribution in [0, 0.1) is 11.3 Å². The summed E-state index contributed by atoms with van der Waals surface area (Å²) in [4.78, 5) is 0. The fourth-order valence-corrected chi connectivity index (χ4v) is 1.89. The van der Waals surface area contributed by atoms with Crippen LogP contribution in [0.5, 0.6) is 11.5 Å². The van der Waals surface area contributed by atoms with Crippen LogP contribution >= 0.6 is 0 Å². The van der Waals surface area contributed by atoms with Crippen molar-refractivity contribution >= 4 is 0 Å². The molecule has 0 radical (unpaired) electrons. The average molecular weight is 267 g/mol. The van der Waals surface area contributed by atoms with E-state index in [1.165, 1.54) is 5.56 Å². The first-order valence-electron chi connectivity index (χ1n) is 6.55. The highest BCUT2D eigenvalue weighted by Crippen LogP contribution is 2.29. The molecule has 0 bridgehead atoms. The minimum atomic E-state index is 0.452. The zero-order valence-electron chi connectivity index (χ0n) is 11.7. The lowest BCUT2D eigenvalue weighted by Gasteiger charge is -2.12. The predicted octanol–water partition coefficient (Wildman–Crippen LogP) is 3.71. The van der Waals surface area contributed by atoms with Gasteiger partial charge >= 0.3 is 0 Å². The lowest BCUT2D eigenvalue weighted by atomic mass is 10.1. The number of aryl methyl sites for hydroxylation is 1. The second-order valence-electron chi connectivity index (χ2n) is 4.44. The van der Waals surface area contributed by atoms with Crippen LogP contribution in [-0.2, 0) is 13.0 Å². The molecule has 0 N–H and O–H groups in total. The first-order chi connectivity index (χ1) is 9.76. The van der Waals surface area contributed by atoms with E-state index < -0.39 is 0 Å². The summed E-state index contributed by atoms with van der Waals surface area (Å²) < 4.78 is 11.1. The van der Waals surface area contributed by atoms with Gasteiger partial charge in [0.2, 0.25) is 0 Å². The molecule has 2 rings (SSSR count). The largest absolute Gasteiger partial charge is 0.493 e. The summed E-state index contributed by atoms with van der Waals surface area (Å²) in [5.74, 6) is 1.48. The van der Waals surface area contributed by atoms with Crippen LogP contribution in [-0.4, -0.2) is 7.11 Å². The third-order valence-corrected chi connectivity index (χ3v) is 3.11. The van der Waals surface area contributed by atoms with Crippen molar-refractivity contribution in [3.05, 3.63) is 59.2 Å². The number of nitrogens with zero attached hydrogens (tertiary/aromatic N) is 1. The summed E-state index contributed by atoms with van der Waals surface area (Å²) in [6, 6.07) is 15.4. The highest BCUT2D eigenvalue weighted by Gasteiger charge is 2.05. The second-order valence-corrected chi connectivity index (χ2v) is 4.44. The van der Waals surface area contributed by atoms with Crippen molar-refractivity contribution in [3.8, 4) is 17.6 Å². The summed E-state index contributed by atoms with van der Waals surface area (Å²) >= 11 is 0. The number of hydrogen-bond donors (Lipinski definition) is 0. The summed E-state index contributed by atoms with van der Waals surface area (Å²) in [7, 11) is 1.64. The molecule has 2 aromatic rings. The highest BCUT2D eigenvalue weighted by molar-refractivity contribution is 5.43. The van der Waals surface area contributed by atoms with E-state index in [1.807, 2.05) is 30.3 Å². The van der Waals surface area contributed by atoms with Crippen LogP contribution in [0.4, 0.5) is 0 Å². The Labute approximate surface area is 119 Å². The van der Waals surface area contributed by atoms with Gasteiger partial charge in [0, 0.05) is 0 Å². The van der Waals surface area contributed by atoms with Crippen LogP contribution < -0.4 is 9.47 Å². The summed E-state index contributed by atoms with van der Waals surface area (Å²) in [5.41, 5.74) is 2.89. The molecule has 20 heavy (non-hydrogen) atoms. The van der Waals surface area contributed by atoms with Crippen LogP contribution in [0.2, 0.25) is 0 Å². The first-order valence-corrected chi connectivity index (χ1v) is 6.55. The van der Waals surface area contributed by atoms with Gasteiger partial charge in [-0.3, -0.25) is 0 Å². The van der Waals surface area contributed by atoms with Gasteiger partial charge in [0.15, 0.2) is 11.5 Å². The van der Waals surface area contributed by atoms with Gasteiger partial charge in [-0.15, -0.1) is 0 Å². The zero-order chi connectivity index (χ0) is 14.4. The van der Waals surface area contributed by atoms with E-state index in [9.17, 15) is 0 Å². The van der Waals surface area contributed by atoms with E-state index in [-0.39, 0.29) is 0 Å². The molecule has 0 spiro atoms. The molecule has 0 aliphatic carbocycles. The Morgan fingerprint density at radius 2 is 1.70 bits per heavy atom. The van der Waals surface area contributed by atoms with Crippen molar-refractivity contribution in [2.45, 2.75) is 20.0 Å². The van der Waals surface area contributed by atoms with Gasteiger partial charge < -0.3 is 9.47 Å². The van der Waals surface area contributed by atoms with Gasteiger partial charge in [-0.05, 0) is 41.8 Å². The predicted molar refractivity (Wildman–Crippen MR) is 77.9 cm³/mol. The van der Waals surface area contributed by atoms with Gasteiger partial charge in [0.05, 0.1) is 18.7 Å². The SMILES string of the molecule is CCc1ccc(OCc2ccc(C#N)cc2)c(OC)c1. The maximum atomic E-state index is 8.76. The van der Waals surface area contributed by atoms with E-state index in [0.717, 1.165) is 23.5 Å². The van der Waals surface area contributed by atoms with Crippen molar-refractivity contribution < 1.29 is 9.47 Å². The monoisotopic (exact) mass is 267 g/mol. The molecule has 0 aliphatic rings. The van der Waals surface area contributed by atoms with Gasteiger partial charge in [-0.1, -0.05) is 25.1 Å². The fourth-order valence-electron chi connectivity index (χ4n) is 1.89. The van der Waals surface area contributed by atoms with Crippen molar-refractivity contribution in [3.63, 3.8) is 0 Å². The Hall–Kier alpha value is -2.47. The molecule has 0 amide bonds. The lowest BCUT2D eigenvalue weighted by Crippen LogP contribution is -1.98. The van der Waals surface area contributed by atoms with Crippen LogP contribution in [0.15, 0.2) is 42.5 Å². The van der Waals surface area contributed by atoms with E-state index in [4.69, 9.17) is 14.7 Å². The first kappa shape index (κ1) is 14.0. The molecular weight excluding hydrogens is 250 g/mol. The minimum Gasteiger partial charge on any atom is -0.493 e. The quantitative estimate of drug-likeness (QED) is 0.829.